The third kappa shape index (κ3) is 12.8. The zero-order valence-electron chi connectivity index (χ0n) is 16.6. The highest BCUT2D eigenvalue weighted by molar-refractivity contribution is 5.79. The van der Waals surface area contributed by atoms with Crippen LogP contribution in [-0.4, -0.2) is 17.4 Å². The molecule has 2 unspecified atom stereocenters. The molecular weight excluding hydrogens is 336 g/mol. The van der Waals surface area contributed by atoms with Crippen molar-refractivity contribution < 1.29 is 14.7 Å². The van der Waals surface area contributed by atoms with E-state index in [-0.39, 0.29) is 5.92 Å². The van der Waals surface area contributed by atoms with Gasteiger partial charge in [0.1, 0.15) is 6.29 Å². The number of rotatable bonds is 15. The van der Waals surface area contributed by atoms with Gasteiger partial charge in [0.15, 0.2) is 0 Å². The molecule has 3 nitrogen and oxygen atoms in total. The van der Waals surface area contributed by atoms with Gasteiger partial charge in [-0.1, -0.05) is 81.2 Å². The molecule has 0 saturated heterocycles. The first-order valence-corrected chi connectivity index (χ1v) is 10.2. The van der Waals surface area contributed by atoms with E-state index in [1.165, 1.54) is 30.9 Å². The maximum Gasteiger partial charge on any atom is 0.327 e. The van der Waals surface area contributed by atoms with Gasteiger partial charge in [0.25, 0.3) is 0 Å². The van der Waals surface area contributed by atoms with Crippen LogP contribution in [0.15, 0.2) is 48.6 Å². The second kappa shape index (κ2) is 15.0. The van der Waals surface area contributed by atoms with Crippen LogP contribution in [0.5, 0.6) is 0 Å². The van der Waals surface area contributed by atoms with Crippen molar-refractivity contribution in [1.29, 1.82) is 0 Å². The van der Waals surface area contributed by atoms with E-state index in [1.807, 2.05) is 25.1 Å². The zero-order valence-corrected chi connectivity index (χ0v) is 16.6. The zero-order chi connectivity index (χ0) is 19.7. The molecule has 0 amide bonds. The van der Waals surface area contributed by atoms with Crippen molar-refractivity contribution in [3.8, 4) is 0 Å². The second-order valence-corrected chi connectivity index (χ2v) is 7.31. The molecule has 1 aromatic rings. The topological polar surface area (TPSA) is 54.4 Å². The van der Waals surface area contributed by atoms with Gasteiger partial charge in [-0.15, -0.1) is 0 Å². The molecule has 0 spiro atoms. The predicted molar refractivity (Wildman–Crippen MR) is 113 cm³/mol. The third-order valence-electron chi connectivity index (χ3n) is 4.78. The van der Waals surface area contributed by atoms with Crippen LogP contribution >= 0.6 is 0 Å². The minimum Gasteiger partial charge on any atom is -0.478 e. The van der Waals surface area contributed by atoms with Gasteiger partial charge in [0.05, 0.1) is 0 Å². The molecule has 0 aliphatic carbocycles. The van der Waals surface area contributed by atoms with E-state index in [0.29, 0.717) is 5.92 Å². The quantitative estimate of drug-likeness (QED) is 0.224. The lowest BCUT2D eigenvalue weighted by molar-refractivity contribution is -0.131. The number of benzene rings is 1. The van der Waals surface area contributed by atoms with Crippen molar-refractivity contribution in [2.24, 2.45) is 11.8 Å². The Morgan fingerprint density at radius 1 is 1.00 bits per heavy atom. The predicted octanol–water partition coefficient (Wildman–Crippen LogP) is 6.30. The van der Waals surface area contributed by atoms with Crippen LogP contribution in [0.25, 0.3) is 6.08 Å². The number of aliphatic carboxylic acids is 1. The minimum atomic E-state index is -0.876. The van der Waals surface area contributed by atoms with Crippen LogP contribution in [-0.2, 0) is 9.59 Å². The van der Waals surface area contributed by atoms with Crippen molar-refractivity contribution >= 4 is 18.3 Å². The molecule has 27 heavy (non-hydrogen) atoms. The summed E-state index contributed by atoms with van der Waals surface area (Å²) in [6.07, 6.45) is 18.3. The van der Waals surface area contributed by atoms with Gasteiger partial charge in [-0.25, -0.2) is 4.79 Å². The average molecular weight is 371 g/mol. The average Bonchev–Trinajstić information content (AvgIpc) is 2.68. The van der Waals surface area contributed by atoms with E-state index in [2.05, 4.69) is 24.3 Å². The van der Waals surface area contributed by atoms with E-state index < -0.39 is 5.97 Å². The van der Waals surface area contributed by atoms with Gasteiger partial charge in [-0.05, 0) is 43.6 Å². The lowest BCUT2D eigenvalue weighted by Crippen LogP contribution is -1.98. The Kier molecular flexibility index (Phi) is 12.7. The van der Waals surface area contributed by atoms with Crippen molar-refractivity contribution in [2.45, 2.75) is 64.7 Å². The lowest BCUT2D eigenvalue weighted by atomic mass is 9.93. The number of hydrogen-bond donors (Lipinski definition) is 1. The van der Waals surface area contributed by atoms with Crippen LogP contribution < -0.4 is 0 Å². The smallest absolute Gasteiger partial charge is 0.327 e. The summed E-state index contributed by atoms with van der Waals surface area (Å²) in [6.45, 7) is 1.98. The highest BCUT2D eigenvalue weighted by Gasteiger charge is 2.05. The molecule has 3 heteroatoms. The lowest BCUT2D eigenvalue weighted by Gasteiger charge is -2.12. The van der Waals surface area contributed by atoms with Crippen LogP contribution in [0, 0.1) is 11.8 Å². The summed E-state index contributed by atoms with van der Waals surface area (Å²) in [5.41, 5.74) is 1.22. The highest BCUT2D eigenvalue weighted by Crippen LogP contribution is 2.21. The maximum absolute atomic E-state index is 10.6. The minimum absolute atomic E-state index is 0.186. The van der Waals surface area contributed by atoms with E-state index in [9.17, 15) is 9.59 Å². The molecule has 0 radical (unpaired) electrons. The van der Waals surface area contributed by atoms with E-state index in [4.69, 9.17) is 5.11 Å². The Morgan fingerprint density at radius 2 is 1.67 bits per heavy atom. The van der Waals surface area contributed by atoms with Crippen LogP contribution in [0.3, 0.4) is 0 Å². The normalized spacial score (nSPS) is 13.8. The van der Waals surface area contributed by atoms with Gasteiger partial charge in [-0.2, -0.15) is 0 Å². The van der Waals surface area contributed by atoms with Crippen molar-refractivity contribution in [3.05, 3.63) is 54.1 Å². The number of carbonyl (C=O) groups excluding carboxylic acids is 1. The second-order valence-electron chi connectivity index (χ2n) is 7.31. The fourth-order valence-corrected chi connectivity index (χ4v) is 3.12. The first-order chi connectivity index (χ1) is 13.1. The molecule has 1 rings (SSSR count). The molecule has 0 saturated carbocycles. The summed E-state index contributed by atoms with van der Waals surface area (Å²) in [5.74, 6) is -0.165. The Labute approximate surface area is 164 Å². The summed E-state index contributed by atoms with van der Waals surface area (Å²) < 4.78 is 0. The molecule has 0 bridgehead atoms. The molecule has 0 fully saturated rings. The largest absolute Gasteiger partial charge is 0.478 e. The fraction of sp³-hybridized carbons (Fsp3) is 0.500. The molecular formula is C24H34O3. The SMILES string of the molecule is CC(C=O)CCCCCCC(C=Cc1ccccc1)CCCC=CC(=O)O. The number of aldehydes is 1. The third-order valence-corrected chi connectivity index (χ3v) is 4.78. The first-order valence-electron chi connectivity index (χ1n) is 10.2. The molecule has 0 aromatic heterocycles. The van der Waals surface area contributed by atoms with Crippen molar-refractivity contribution in [2.75, 3.05) is 0 Å². The van der Waals surface area contributed by atoms with Crippen LogP contribution in [0.1, 0.15) is 70.3 Å². The van der Waals surface area contributed by atoms with Gasteiger partial charge in [-0.3, -0.25) is 0 Å². The molecule has 2 atom stereocenters. The number of carboxylic acids is 1. The summed E-state index contributed by atoms with van der Waals surface area (Å²) in [5, 5.41) is 8.65. The van der Waals surface area contributed by atoms with E-state index in [1.54, 1.807) is 6.08 Å². The Balaban J connectivity index is 2.38. The highest BCUT2D eigenvalue weighted by atomic mass is 16.4. The van der Waals surface area contributed by atoms with Gasteiger partial charge >= 0.3 is 5.97 Å². The summed E-state index contributed by atoms with van der Waals surface area (Å²) in [6, 6.07) is 10.3. The van der Waals surface area contributed by atoms with Gasteiger partial charge < -0.3 is 9.90 Å². The summed E-state index contributed by atoms with van der Waals surface area (Å²) in [4.78, 5) is 21.2. The molecule has 0 heterocycles. The molecule has 0 aliphatic rings. The van der Waals surface area contributed by atoms with Gasteiger partial charge in [0.2, 0.25) is 0 Å². The maximum atomic E-state index is 10.6. The van der Waals surface area contributed by atoms with Crippen LogP contribution in [0.4, 0.5) is 0 Å². The standard InChI is InChI=1S/C24H34O3/c1-21(20-25)12-6-2-3-7-13-22(16-10-5-11-17-24(26)27)18-19-23-14-8-4-9-15-23/h4,8-9,11,14-15,17-22H,2-3,5-7,10,12-13,16H2,1H3,(H,26,27). The number of carboxylic acid groups (broad SMARTS) is 1. The monoisotopic (exact) mass is 370 g/mol. The Bertz CT molecular complexity index is 575. The number of carbonyl (C=O) groups is 2. The molecule has 148 valence electrons. The molecule has 1 N–H and O–H groups in total. The summed E-state index contributed by atoms with van der Waals surface area (Å²) >= 11 is 0. The van der Waals surface area contributed by atoms with E-state index >= 15 is 0 Å². The number of hydrogen-bond acceptors (Lipinski definition) is 2. The Morgan fingerprint density at radius 3 is 2.33 bits per heavy atom. The van der Waals surface area contributed by atoms with Crippen LogP contribution in [0.2, 0.25) is 0 Å². The first kappa shape index (κ1) is 22.9. The summed E-state index contributed by atoms with van der Waals surface area (Å²) in [7, 11) is 0. The van der Waals surface area contributed by atoms with E-state index in [0.717, 1.165) is 44.8 Å². The number of unbranched alkanes of at least 4 members (excludes halogenated alkanes) is 4. The molecule has 0 aliphatic heterocycles. The Hall–Kier alpha value is -2.16. The fourth-order valence-electron chi connectivity index (χ4n) is 3.12. The van der Waals surface area contributed by atoms with Crippen molar-refractivity contribution in [1.82, 2.24) is 0 Å². The van der Waals surface area contributed by atoms with Gasteiger partial charge in [0, 0.05) is 12.0 Å². The number of allylic oxidation sites excluding steroid dienone is 2. The van der Waals surface area contributed by atoms with Crippen molar-refractivity contribution in [3.63, 3.8) is 0 Å². The molecule has 1 aromatic carbocycles.